The molecule has 2 N–H and O–H groups in total. The first-order valence-electron chi connectivity index (χ1n) is 6.37. The first-order valence-corrected chi connectivity index (χ1v) is 6.37. The fourth-order valence-electron chi connectivity index (χ4n) is 2.09. The number of halogens is 3. The molecule has 0 saturated carbocycles. The number of benzene rings is 1. The molecule has 1 aromatic rings. The Hall–Kier alpha value is -1.23. The van der Waals surface area contributed by atoms with Crippen molar-refractivity contribution in [3.63, 3.8) is 0 Å². The number of nitrogens with zero attached hydrogens (tertiary/aromatic N) is 1. The molecule has 0 saturated heterocycles. The van der Waals surface area contributed by atoms with Gasteiger partial charge in [-0.05, 0) is 36.6 Å². The minimum Gasteiger partial charge on any atom is -0.374 e. The summed E-state index contributed by atoms with van der Waals surface area (Å²) < 4.78 is 39.1. The lowest BCUT2D eigenvalue weighted by atomic mass is 10.0. The first kappa shape index (κ1) is 15.8. The van der Waals surface area contributed by atoms with E-state index in [0.29, 0.717) is 18.2 Å². The van der Waals surface area contributed by atoms with Gasteiger partial charge in [-0.2, -0.15) is 13.2 Å². The lowest BCUT2D eigenvalue weighted by Crippen LogP contribution is -2.23. The van der Waals surface area contributed by atoms with Gasteiger partial charge in [0.15, 0.2) is 0 Å². The minimum absolute atomic E-state index is 0.213. The Morgan fingerprint density at radius 2 is 1.89 bits per heavy atom. The Kier molecular flexibility index (Phi) is 5.23. The fourth-order valence-corrected chi connectivity index (χ4v) is 2.09. The van der Waals surface area contributed by atoms with E-state index in [1.54, 1.807) is 13.1 Å². The molecule has 0 aliphatic rings. The molecular formula is C14H21F3N2. The van der Waals surface area contributed by atoms with Gasteiger partial charge >= 0.3 is 6.18 Å². The van der Waals surface area contributed by atoms with Crippen LogP contribution >= 0.6 is 0 Å². The first-order chi connectivity index (χ1) is 8.75. The van der Waals surface area contributed by atoms with E-state index in [2.05, 4.69) is 0 Å². The molecule has 108 valence electrons. The van der Waals surface area contributed by atoms with Crippen molar-refractivity contribution in [2.75, 3.05) is 25.0 Å². The summed E-state index contributed by atoms with van der Waals surface area (Å²) in [5.41, 5.74) is 5.63. The Labute approximate surface area is 112 Å². The Morgan fingerprint density at radius 1 is 1.26 bits per heavy atom. The van der Waals surface area contributed by atoms with Gasteiger partial charge in [0.25, 0.3) is 0 Å². The van der Waals surface area contributed by atoms with Crippen LogP contribution in [0.1, 0.15) is 25.0 Å². The molecule has 0 aliphatic carbocycles. The molecule has 0 heterocycles. The van der Waals surface area contributed by atoms with Gasteiger partial charge in [-0.25, -0.2) is 0 Å². The highest BCUT2D eigenvalue weighted by molar-refractivity contribution is 5.51. The second-order valence-corrected chi connectivity index (χ2v) is 5.15. The van der Waals surface area contributed by atoms with E-state index in [-0.39, 0.29) is 18.5 Å². The van der Waals surface area contributed by atoms with Crippen LogP contribution in [0.5, 0.6) is 0 Å². The maximum absolute atomic E-state index is 13.0. The summed E-state index contributed by atoms with van der Waals surface area (Å²) in [5, 5.41) is 0. The van der Waals surface area contributed by atoms with Crippen molar-refractivity contribution < 1.29 is 13.2 Å². The number of nitrogens with two attached hydrogens (primary N) is 1. The number of alkyl halides is 3. The Bertz CT molecular complexity index is 414. The molecule has 0 bridgehead atoms. The zero-order valence-electron chi connectivity index (χ0n) is 11.6. The molecule has 0 fully saturated rings. The molecule has 0 radical (unpaired) electrons. The average molecular weight is 274 g/mol. The second kappa shape index (κ2) is 6.28. The van der Waals surface area contributed by atoms with Gasteiger partial charge in [0, 0.05) is 19.3 Å². The van der Waals surface area contributed by atoms with E-state index in [9.17, 15) is 13.2 Å². The lowest BCUT2D eigenvalue weighted by Gasteiger charge is -2.23. The van der Waals surface area contributed by atoms with E-state index >= 15 is 0 Å². The van der Waals surface area contributed by atoms with Crippen molar-refractivity contribution in [1.82, 2.24) is 0 Å². The molecule has 19 heavy (non-hydrogen) atoms. The number of hydrogen-bond donors (Lipinski definition) is 1. The molecule has 0 aromatic heterocycles. The highest BCUT2D eigenvalue weighted by Crippen LogP contribution is 2.34. The maximum atomic E-state index is 13.0. The van der Waals surface area contributed by atoms with E-state index in [4.69, 9.17) is 5.73 Å². The van der Waals surface area contributed by atoms with E-state index < -0.39 is 11.7 Å². The third kappa shape index (κ3) is 4.42. The predicted octanol–water partition coefficient (Wildman–Crippen LogP) is 3.30. The summed E-state index contributed by atoms with van der Waals surface area (Å²) >= 11 is 0. The molecule has 1 aromatic carbocycles. The maximum Gasteiger partial charge on any atom is 0.416 e. The highest BCUT2D eigenvalue weighted by Gasteiger charge is 2.33. The molecule has 0 amide bonds. The van der Waals surface area contributed by atoms with Crippen LogP contribution in [-0.4, -0.2) is 20.1 Å². The van der Waals surface area contributed by atoms with E-state index in [0.717, 1.165) is 0 Å². The van der Waals surface area contributed by atoms with Crippen molar-refractivity contribution in [3.8, 4) is 0 Å². The molecule has 2 nitrogen and oxygen atoms in total. The van der Waals surface area contributed by atoms with Gasteiger partial charge in [-0.3, -0.25) is 0 Å². The fraction of sp³-hybridized carbons (Fsp3) is 0.571. The van der Waals surface area contributed by atoms with Crippen molar-refractivity contribution in [3.05, 3.63) is 29.3 Å². The normalized spacial score (nSPS) is 12.0. The minimum atomic E-state index is -4.33. The van der Waals surface area contributed by atoms with Gasteiger partial charge in [0.1, 0.15) is 0 Å². The summed E-state index contributed by atoms with van der Waals surface area (Å²) in [5.74, 6) is 0.392. The van der Waals surface area contributed by atoms with Crippen molar-refractivity contribution in [2.45, 2.75) is 26.4 Å². The van der Waals surface area contributed by atoms with Gasteiger partial charge < -0.3 is 10.6 Å². The number of anilines is 1. The van der Waals surface area contributed by atoms with Crippen LogP contribution in [0.25, 0.3) is 0 Å². The van der Waals surface area contributed by atoms with E-state index in [1.165, 1.54) is 12.1 Å². The predicted molar refractivity (Wildman–Crippen MR) is 72.3 cm³/mol. The zero-order chi connectivity index (χ0) is 14.6. The van der Waals surface area contributed by atoms with Crippen molar-refractivity contribution in [2.24, 2.45) is 11.7 Å². The standard InChI is InChI=1S/C14H21F3N2/c1-10(2)9-19(3)12-5-4-11(6-7-18)13(8-12)14(15,16)17/h4-5,8,10H,6-7,9,18H2,1-3H3. The van der Waals surface area contributed by atoms with Crippen molar-refractivity contribution in [1.29, 1.82) is 0 Å². The third-order valence-electron chi connectivity index (χ3n) is 2.89. The monoisotopic (exact) mass is 274 g/mol. The molecule has 5 heteroatoms. The van der Waals surface area contributed by atoms with E-state index in [1.807, 2.05) is 18.7 Å². The highest BCUT2D eigenvalue weighted by atomic mass is 19.4. The van der Waals surface area contributed by atoms with Crippen LogP contribution in [0.3, 0.4) is 0 Å². The SMILES string of the molecule is CC(C)CN(C)c1ccc(CCN)c(C(F)(F)F)c1. The van der Waals surface area contributed by atoms with Gasteiger partial charge in [-0.1, -0.05) is 19.9 Å². The summed E-state index contributed by atoms with van der Waals surface area (Å²) in [6, 6.07) is 4.47. The summed E-state index contributed by atoms with van der Waals surface area (Å²) in [7, 11) is 1.80. The van der Waals surface area contributed by atoms with Crippen LogP contribution in [-0.2, 0) is 12.6 Å². The van der Waals surface area contributed by atoms with Crippen molar-refractivity contribution >= 4 is 5.69 Å². The Balaban J connectivity index is 3.11. The van der Waals surface area contributed by atoms with Crippen LogP contribution in [0.2, 0.25) is 0 Å². The van der Waals surface area contributed by atoms with Crippen LogP contribution < -0.4 is 10.6 Å². The molecule has 1 rings (SSSR count). The Morgan fingerprint density at radius 3 is 2.37 bits per heavy atom. The average Bonchev–Trinajstić information content (AvgIpc) is 2.27. The van der Waals surface area contributed by atoms with Gasteiger partial charge in [-0.15, -0.1) is 0 Å². The zero-order valence-corrected chi connectivity index (χ0v) is 11.6. The smallest absolute Gasteiger partial charge is 0.374 e. The molecule has 0 spiro atoms. The summed E-state index contributed by atoms with van der Waals surface area (Å²) in [4.78, 5) is 1.84. The second-order valence-electron chi connectivity index (χ2n) is 5.15. The third-order valence-corrected chi connectivity index (χ3v) is 2.89. The molecule has 0 aliphatic heterocycles. The quantitative estimate of drug-likeness (QED) is 0.892. The molecule has 0 unspecified atom stereocenters. The summed E-state index contributed by atoms with van der Waals surface area (Å²) in [6.45, 7) is 4.99. The lowest BCUT2D eigenvalue weighted by molar-refractivity contribution is -0.138. The van der Waals surface area contributed by atoms with Gasteiger partial charge in [0.2, 0.25) is 0 Å². The topological polar surface area (TPSA) is 29.3 Å². The molecule has 0 atom stereocenters. The largest absolute Gasteiger partial charge is 0.416 e. The molecular weight excluding hydrogens is 253 g/mol. The van der Waals surface area contributed by atoms with Crippen LogP contribution in [0.4, 0.5) is 18.9 Å². The number of rotatable bonds is 5. The van der Waals surface area contributed by atoms with Crippen LogP contribution in [0, 0.1) is 5.92 Å². The van der Waals surface area contributed by atoms with Crippen LogP contribution in [0.15, 0.2) is 18.2 Å². The van der Waals surface area contributed by atoms with Gasteiger partial charge in [0.05, 0.1) is 5.56 Å². The summed E-state index contributed by atoms with van der Waals surface area (Å²) in [6.07, 6.45) is -4.10. The number of hydrogen-bond acceptors (Lipinski definition) is 2.